The van der Waals surface area contributed by atoms with Crippen molar-refractivity contribution in [2.45, 2.75) is 57.4 Å². The van der Waals surface area contributed by atoms with Gasteiger partial charge in [-0.15, -0.1) is 0 Å². The van der Waals surface area contributed by atoms with Gasteiger partial charge in [-0.3, -0.25) is 9.59 Å². The van der Waals surface area contributed by atoms with Crippen molar-refractivity contribution in [1.82, 2.24) is 4.90 Å². The minimum Gasteiger partial charge on any atom is -0.481 e. The summed E-state index contributed by atoms with van der Waals surface area (Å²) in [5.41, 5.74) is 0. The van der Waals surface area contributed by atoms with E-state index in [2.05, 4.69) is 0 Å². The number of hydrogen-bond donors (Lipinski definition) is 1. The lowest BCUT2D eigenvalue weighted by molar-refractivity contribution is -0.140. The molecule has 0 bridgehead atoms. The van der Waals surface area contributed by atoms with E-state index < -0.39 is 5.97 Å². The first kappa shape index (κ1) is 15.7. The number of piperidine rings is 1. The van der Waals surface area contributed by atoms with Crippen LogP contribution in [0.25, 0.3) is 0 Å². The molecule has 0 aromatic rings. The van der Waals surface area contributed by atoms with E-state index in [0.717, 1.165) is 38.6 Å². The molecule has 0 saturated carbocycles. The second-order valence-corrected chi connectivity index (χ2v) is 7.15. The first-order chi connectivity index (χ1) is 9.66. The zero-order valence-electron chi connectivity index (χ0n) is 12.1. The van der Waals surface area contributed by atoms with Gasteiger partial charge in [-0.25, -0.2) is 0 Å². The predicted molar refractivity (Wildman–Crippen MR) is 80.9 cm³/mol. The molecule has 0 unspecified atom stereocenters. The van der Waals surface area contributed by atoms with Gasteiger partial charge in [0.2, 0.25) is 5.91 Å². The summed E-state index contributed by atoms with van der Waals surface area (Å²) < 4.78 is 0. The van der Waals surface area contributed by atoms with E-state index in [1.165, 1.54) is 11.5 Å². The second kappa shape index (κ2) is 7.91. The third-order valence-electron chi connectivity index (χ3n) is 4.44. The molecule has 2 aliphatic heterocycles. The summed E-state index contributed by atoms with van der Waals surface area (Å²) in [5, 5.41) is 8.82. The van der Waals surface area contributed by atoms with Gasteiger partial charge >= 0.3 is 5.97 Å². The van der Waals surface area contributed by atoms with E-state index in [9.17, 15) is 9.59 Å². The van der Waals surface area contributed by atoms with Crippen LogP contribution in [0, 0.1) is 5.92 Å². The largest absolute Gasteiger partial charge is 0.481 e. The highest BCUT2D eigenvalue weighted by Gasteiger charge is 2.28. The number of carboxylic acids is 1. The molecule has 2 saturated heterocycles. The smallest absolute Gasteiger partial charge is 0.303 e. The Balaban J connectivity index is 1.85. The average molecular weight is 299 g/mol. The Labute approximate surface area is 125 Å². The minimum atomic E-state index is -0.757. The average Bonchev–Trinajstić information content (AvgIpc) is 2.46. The normalized spacial score (nSPS) is 24.6. The molecule has 0 aromatic carbocycles. The van der Waals surface area contributed by atoms with E-state index in [4.69, 9.17) is 5.11 Å². The number of thioether (sulfide) groups is 1. The van der Waals surface area contributed by atoms with Crippen molar-refractivity contribution in [2.24, 2.45) is 5.92 Å². The molecular formula is C15H25NO3S. The summed E-state index contributed by atoms with van der Waals surface area (Å²) in [6.07, 6.45) is 6.93. The van der Waals surface area contributed by atoms with Crippen LogP contribution in [0.4, 0.5) is 0 Å². The predicted octanol–water partition coefficient (Wildman–Crippen LogP) is 2.77. The van der Waals surface area contributed by atoms with Crippen molar-refractivity contribution >= 4 is 23.6 Å². The number of aliphatic carboxylic acids is 1. The highest BCUT2D eigenvalue weighted by Crippen LogP contribution is 2.28. The molecular weight excluding hydrogens is 274 g/mol. The number of nitrogens with zero attached hydrogens (tertiary/aromatic N) is 1. The Hall–Kier alpha value is -0.710. The second-order valence-electron chi connectivity index (χ2n) is 5.93. The first-order valence-electron chi connectivity index (χ1n) is 7.76. The number of likely N-dealkylation sites (tertiary alicyclic amines) is 1. The molecule has 4 nitrogen and oxygen atoms in total. The van der Waals surface area contributed by atoms with Gasteiger partial charge in [-0.05, 0) is 55.9 Å². The number of carbonyl (C=O) groups is 2. The maximum Gasteiger partial charge on any atom is 0.303 e. The summed E-state index contributed by atoms with van der Waals surface area (Å²) in [4.78, 5) is 25.2. The third kappa shape index (κ3) is 4.69. The van der Waals surface area contributed by atoms with Gasteiger partial charge in [0.1, 0.15) is 0 Å². The summed E-state index contributed by atoms with van der Waals surface area (Å²) in [7, 11) is 0. The van der Waals surface area contributed by atoms with Crippen LogP contribution in [0.3, 0.4) is 0 Å². The number of amides is 1. The molecule has 1 atom stereocenters. The van der Waals surface area contributed by atoms with Gasteiger partial charge in [0, 0.05) is 25.4 Å². The molecule has 0 spiro atoms. The Kier molecular flexibility index (Phi) is 6.20. The lowest BCUT2D eigenvalue weighted by atomic mass is 9.94. The first-order valence-corrected chi connectivity index (χ1v) is 8.91. The zero-order valence-corrected chi connectivity index (χ0v) is 12.9. The van der Waals surface area contributed by atoms with E-state index in [-0.39, 0.29) is 18.4 Å². The van der Waals surface area contributed by atoms with Gasteiger partial charge in [-0.1, -0.05) is 0 Å². The van der Waals surface area contributed by atoms with Gasteiger partial charge in [0.15, 0.2) is 0 Å². The quantitative estimate of drug-likeness (QED) is 0.848. The molecule has 2 aliphatic rings. The van der Waals surface area contributed by atoms with E-state index in [1.54, 1.807) is 0 Å². The van der Waals surface area contributed by atoms with Crippen LogP contribution >= 0.6 is 11.8 Å². The summed E-state index contributed by atoms with van der Waals surface area (Å²) in [5.74, 6) is 2.41. The maximum atomic E-state index is 12.5. The fourth-order valence-corrected chi connectivity index (χ4v) is 4.44. The topological polar surface area (TPSA) is 57.6 Å². The van der Waals surface area contributed by atoms with Crippen LogP contribution < -0.4 is 0 Å². The Morgan fingerprint density at radius 2 is 1.90 bits per heavy atom. The lowest BCUT2D eigenvalue weighted by Gasteiger charge is -2.37. The third-order valence-corrected chi connectivity index (χ3v) is 5.49. The van der Waals surface area contributed by atoms with Crippen molar-refractivity contribution in [3.8, 4) is 0 Å². The van der Waals surface area contributed by atoms with E-state index >= 15 is 0 Å². The minimum absolute atomic E-state index is 0.158. The molecule has 2 rings (SSSR count). The van der Waals surface area contributed by atoms with Crippen LogP contribution in [0.2, 0.25) is 0 Å². The van der Waals surface area contributed by atoms with Crippen LogP contribution in [0.5, 0.6) is 0 Å². The molecule has 114 valence electrons. The number of carbonyl (C=O) groups excluding carboxylic acids is 1. The van der Waals surface area contributed by atoms with Crippen LogP contribution in [0.1, 0.15) is 51.4 Å². The SMILES string of the molecule is O=C(O)CC[C@@H]1CCCCN1C(=O)CC1CCSCC1. The van der Waals surface area contributed by atoms with Crippen molar-refractivity contribution in [2.75, 3.05) is 18.1 Å². The number of rotatable bonds is 5. The fourth-order valence-electron chi connectivity index (χ4n) is 3.23. The van der Waals surface area contributed by atoms with Gasteiger partial charge in [-0.2, -0.15) is 11.8 Å². The molecule has 0 radical (unpaired) electrons. The van der Waals surface area contributed by atoms with Crippen LogP contribution in [0.15, 0.2) is 0 Å². The van der Waals surface area contributed by atoms with Crippen LogP contribution in [-0.4, -0.2) is 46.0 Å². The Bertz CT molecular complexity index is 342. The zero-order chi connectivity index (χ0) is 14.4. The number of carboxylic acid groups (broad SMARTS) is 1. The van der Waals surface area contributed by atoms with Crippen LogP contribution in [-0.2, 0) is 9.59 Å². The van der Waals surface area contributed by atoms with Crippen molar-refractivity contribution in [3.05, 3.63) is 0 Å². The molecule has 5 heteroatoms. The van der Waals surface area contributed by atoms with Gasteiger partial charge in [0.05, 0.1) is 0 Å². The molecule has 1 amide bonds. The van der Waals surface area contributed by atoms with Crippen molar-refractivity contribution < 1.29 is 14.7 Å². The molecule has 2 heterocycles. The summed E-state index contributed by atoms with van der Waals surface area (Å²) in [6.45, 7) is 0.824. The Morgan fingerprint density at radius 3 is 2.60 bits per heavy atom. The highest BCUT2D eigenvalue weighted by atomic mass is 32.2. The monoisotopic (exact) mass is 299 g/mol. The van der Waals surface area contributed by atoms with E-state index in [1.807, 2.05) is 16.7 Å². The summed E-state index contributed by atoms with van der Waals surface area (Å²) >= 11 is 1.98. The molecule has 0 aromatic heterocycles. The van der Waals surface area contributed by atoms with Crippen molar-refractivity contribution in [1.29, 1.82) is 0 Å². The molecule has 2 fully saturated rings. The standard InChI is InChI=1S/C15H25NO3S/c17-14(11-12-6-9-20-10-7-12)16-8-2-1-3-13(16)4-5-15(18)19/h12-13H,1-11H2,(H,18,19)/t13-/m0/s1. The van der Waals surface area contributed by atoms with Gasteiger partial charge < -0.3 is 10.0 Å². The van der Waals surface area contributed by atoms with E-state index in [0.29, 0.717) is 18.8 Å². The molecule has 20 heavy (non-hydrogen) atoms. The van der Waals surface area contributed by atoms with Crippen molar-refractivity contribution in [3.63, 3.8) is 0 Å². The highest BCUT2D eigenvalue weighted by molar-refractivity contribution is 7.99. The maximum absolute atomic E-state index is 12.5. The lowest BCUT2D eigenvalue weighted by Crippen LogP contribution is -2.44. The molecule has 0 aliphatic carbocycles. The molecule has 1 N–H and O–H groups in total. The fraction of sp³-hybridized carbons (Fsp3) is 0.867. The van der Waals surface area contributed by atoms with Gasteiger partial charge in [0.25, 0.3) is 0 Å². The Morgan fingerprint density at radius 1 is 1.15 bits per heavy atom. The summed E-state index contributed by atoms with van der Waals surface area (Å²) in [6, 6.07) is 0.158. The number of hydrogen-bond acceptors (Lipinski definition) is 3.